The second-order valence-electron chi connectivity index (χ2n) is 8.61. The highest BCUT2D eigenvalue weighted by atomic mass is 32.2. The van der Waals surface area contributed by atoms with Crippen molar-refractivity contribution < 1.29 is 13.2 Å². The number of carbonyl (C=O) groups excluding carboxylic acids is 1. The SMILES string of the molecule is CC(C)(C)c1ccc(C2=NC3(CCN(S(=O)(=O)c4cccs4)CC3)NC2=O)cc1. The molecule has 1 spiro atoms. The third-order valence-electron chi connectivity index (χ3n) is 5.55. The monoisotopic (exact) mass is 431 g/mol. The van der Waals surface area contributed by atoms with E-state index in [0.717, 1.165) is 5.56 Å². The van der Waals surface area contributed by atoms with Crippen molar-refractivity contribution in [1.82, 2.24) is 9.62 Å². The smallest absolute Gasteiger partial charge is 0.272 e. The summed E-state index contributed by atoms with van der Waals surface area (Å²) < 4.78 is 27.3. The van der Waals surface area contributed by atoms with E-state index in [0.29, 0.717) is 35.9 Å². The fourth-order valence-electron chi connectivity index (χ4n) is 3.76. The van der Waals surface area contributed by atoms with Gasteiger partial charge in [-0.2, -0.15) is 4.31 Å². The van der Waals surface area contributed by atoms with Crippen LogP contribution in [0.15, 0.2) is 51.0 Å². The van der Waals surface area contributed by atoms with Crippen molar-refractivity contribution in [3.8, 4) is 0 Å². The molecule has 0 radical (unpaired) electrons. The molecule has 1 aromatic carbocycles. The summed E-state index contributed by atoms with van der Waals surface area (Å²) in [5.41, 5.74) is 1.75. The van der Waals surface area contributed by atoms with Crippen molar-refractivity contribution in [2.45, 2.75) is 48.9 Å². The number of piperidine rings is 1. The van der Waals surface area contributed by atoms with Gasteiger partial charge in [0.05, 0.1) is 0 Å². The highest BCUT2D eigenvalue weighted by molar-refractivity contribution is 7.91. The molecule has 8 heteroatoms. The van der Waals surface area contributed by atoms with E-state index in [9.17, 15) is 13.2 Å². The number of hydrogen-bond donors (Lipinski definition) is 1. The van der Waals surface area contributed by atoms with E-state index in [4.69, 9.17) is 4.99 Å². The minimum absolute atomic E-state index is 0.0420. The maximum Gasteiger partial charge on any atom is 0.272 e. The van der Waals surface area contributed by atoms with Gasteiger partial charge in [0.2, 0.25) is 0 Å². The number of benzene rings is 1. The third-order valence-corrected chi connectivity index (χ3v) is 8.82. The van der Waals surface area contributed by atoms with Crippen LogP contribution in [0.5, 0.6) is 0 Å². The number of hydrogen-bond acceptors (Lipinski definition) is 5. The van der Waals surface area contributed by atoms with Crippen LogP contribution >= 0.6 is 11.3 Å². The Kier molecular flexibility index (Phi) is 4.91. The number of rotatable bonds is 3. The van der Waals surface area contributed by atoms with Crippen LogP contribution in [0.3, 0.4) is 0 Å². The molecule has 4 rings (SSSR count). The van der Waals surface area contributed by atoms with E-state index < -0.39 is 15.7 Å². The highest BCUT2D eigenvalue weighted by Crippen LogP contribution is 2.32. The van der Waals surface area contributed by atoms with Crippen molar-refractivity contribution in [3.63, 3.8) is 0 Å². The van der Waals surface area contributed by atoms with Crippen molar-refractivity contribution in [2.75, 3.05) is 13.1 Å². The van der Waals surface area contributed by atoms with Gasteiger partial charge in [0.1, 0.15) is 15.6 Å². The quantitative estimate of drug-likeness (QED) is 0.811. The second-order valence-corrected chi connectivity index (χ2v) is 11.7. The van der Waals surface area contributed by atoms with Crippen molar-refractivity contribution >= 4 is 33.0 Å². The zero-order chi connectivity index (χ0) is 20.9. The molecule has 1 N–H and O–H groups in total. The average molecular weight is 432 g/mol. The van der Waals surface area contributed by atoms with Crippen LogP contribution in [-0.4, -0.2) is 43.1 Å². The van der Waals surface area contributed by atoms with Crippen LogP contribution in [0, 0.1) is 0 Å². The molecule has 2 aliphatic heterocycles. The van der Waals surface area contributed by atoms with Gasteiger partial charge in [0, 0.05) is 31.5 Å². The Hall–Kier alpha value is -2.03. The van der Waals surface area contributed by atoms with Gasteiger partial charge in [-0.1, -0.05) is 51.1 Å². The molecule has 1 amide bonds. The van der Waals surface area contributed by atoms with Crippen LogP contribution < -0.4 is 5.32 Å². The minimum atomic E-state index is -3.47. The maximum atomic E-state index is 12.7. The van der Waals surface area contributed by atoms with E-state index >= 15 is 0 Å². The molecule has 2 aromatic rings. The molecule has 1 fully saturated rings. The summed E-state index contributed by atoms with van der Waals surface area (Å²) in [5.74, 6) is -0.192. The Balaban J connectivity index is 1.52. The van der Waals surface area contributed by atoms with Crippen LogP contribution in [0.4, 0.5) is 0 Å². The Morgan fingerprint density at radius 2 is 1.76 bits per heavy atom. The number of carbonyl (C=O) groups is 1. The second kappa shape index (κ2) is 7.04. The van der Waals surface area contributed by atoms with E-state index in [1.54, 1.807) is 17.5 Å². The van der Waals surface area contributed by atoms with Crippen molar-refractivity contribution in [3.05, 3.63) is 52.9 Å². The first kappa shape index (κ1) is 20.3. The molecule has 2 aliphatic rings. The maximum absolute atomic E-state index is 12.7. The molecule has 1 aromatic heterocycles. The lowest BCUT2D eigenvalue weighted by Gasteiger charge is -2.36. The van der Waals surface area contributed by atoms with Gasteiger partial charge < -0.3 is 5.32 Å². The summed E-state index contributed by atoms with van der Waals surface area (Å²) in [6.07, 6.45) is 0.930. The summed E-state index contributed by atoms with van der Waals surface area (Å²) in [4.78, 5) is 17.4. The fourth-order valence-corrected chi connectivity index (χ4v) is 6.34. The van der Waals surface area contributed by atoms with Crippen LogP contribution in [-0.2, 0) is 20.2 Å². The first-order chi connectivity index (χ1) is 13.6. The van der Waals surface area contributed by atoms with Crippen molar-refractivity contribution in [1.29, 1.82) is 0 Å². The standard InChI is InChI=1S/C21H25N3O3S2/c1-20(2,3)16-8-6-15(7-9-16)18-19(25)23-21(22-18)10-12-24(13-11-21)29(26,27)17-5-4-14-28-17/h4-9,14H,10-13H2,1-3H3,(H,23,25). The number of thiophene rings is 1. The van der Waals surface area contributed by atoms with Gasteiger partial charge in [-0.05, 0) is 22.4 Å². The first-order valence-corrected chi connectivity index (χ1v) is 12.0. The Bertz CT molecular complexity index is 1040. The fraction of sp³-hybridized carbons (Fsp3) is 0.429. The molecular formula is C21H25N3O3S2. The third kappa shape index (κ3) is 3.76. The van der Waals surface area contributed by atoms with Crippen LogP contribution in [0.25, 0.3) is 0 Å². The summed E-state index contributed by atoms with van der Waals surface area (Å²) in [7, 11) is -3.47. The first-order valence-electron chi connectivity index (χ1n) is 9.68. The van der Waals surface area contributed by atoms with E-state index in [2.05, 4.69) is 26.1 Å². The van der Waals surface area contributed by atoms with Crippen molar-refractivity contribution in [2.24, 2.45) is 4.99 Å². The lowest BCUT2D eigenvalue weighted by molar-refractivity contribution is -0.115. The molecule has 3 heterocycles. The molecule has 0 saturated carbocycles. The van der Waals surface area contributed by atoms with Gasteiger partial charge >= 0.3 is 0 Å². The summed E-state index contributed by atoms with van der Waals surface area (Å²) in [5, 5.41) is 4.77. The molecule has 0 aliphatic carbocycles. The molecular weight excluding hydrogens is 406 g/mol. The van der Waals surface area contributed by atoms with E-state index in [1.165, 1.54) is 21.2 Å². The zero-order valence-electron chi connectivity index (χ0n) is 16.8. The molecule has 29 heavy (non-hydrogen) atoms. The molecule has 0 bridgehead atoms. The largest absolute Gasteiger partial charge is 0.326 e. The van der Waals surface area contributed by atoms with Gasteiger partial charge in [-0.15, -0.1) is 11.3 Å². The topological polar surface area (TPSA) is 78.8 Å². The predicted molar refractivity (Wildman–Crippen MR) is 115 cm³/mol. The minimum Gasteiger partial charge on any atom is -0.326 e. The Morgan fingerprint density at radius 1 is 1.10 bits per heavy atom. The molecule has 0 unspecified atom stereocenters. The summed E-state index contributed by atoms with van der Waals surface area (Å²) >= 11 is 1.22. The van der Waals surface area contributed by atoms with Gasteiger partial charge in [-0.3, -0.25) is 9.79 Å². The van der Waals surface area contributed by atoms with Gasteiger partial charge in [0.15, 0.2) is 0 Å². The normalized spacial score (nSPS) is 20.0. The molecule has 0 atom stereocenters. The van der Waals surface area contributed by atoms with Gasteiger partial charge in [0.25, 0.3) is 15.9 Å². The lowest BCUT2D eigenvalue weighted by Crippen LogP contribution is -2.52. The van der Waals surface area contributed by atoms with Gasteiger partial charge in [-0.25, -0.2) is 8.42 Å². The summed E-state index contributed by atoms with van der Waals surface area (Å²) in [6, 6.07) is 11.3. The molecule has 6 nitrogen and oxygen atoms in total. The Labute approximate surface area is 175 Å². The van der Waals surface area contributed by atoms with Crippen LogP contribution in [0.2, 0.25) is 0 Å². The molecule has 154 valence electrons. The number of nitrogens with one attached hydrogen (secondary N) is 1. The number of nitrogens with zero attached hydrogens (tertiary/aromatic N) is 2. The lowest BCUT2D eigenvalue weighted by atomic mass is 9.86. The highest BCUT2D eigenvalue weighted by Gasteiger charge is 2.44. The zero-order valence-corrected chi connectivity index (χ0v) is 18.4. The number of aliphatic imine (C=N–C) groups is 1. The number of sulfonamides is 1. The average Bonchev–Trinajstić information content (AvgIpc) is 3.31. The predicted octanol–water partition coefficient (Wildman–Crippen LogP) is 3.15. The van der Waals surface area contributed by atoms with E-state index in [1.807, 2.05) is 24.3 Å². The number of amides is 1. The Morgan fingerprint density at radius 3 is 2.31 bits per heavy atom. The molecule has 1 saturated heterocycles. The summed E-state index contributed by atoms with van der Waals surface area (Å²) in [6.45, 7) is 7.11. The van der Waals surface area contributed by atoms with Crippen LogP contribution in [0.1, 0.15) is 44.7 Å². The van der Waals surface area contributed by atoms with E-state index in [-0.39, 0.29) is 11.3 Å².